The van der Waals surface area contributed by atoms with Gasteiger partial charge in [-0.3, -0.25) is 19.2 Å². The molecule has 6 unspecified atom stereocenters. The lowest BCUT2D eigenvalue weighted by Gasteiger charge is -2.30. The fourth-order valence-corrected chi connectivity index (χ4v) is 11.5. The number of hydrogen-bond acceptors (Lipinski definition) is 13. The van der Waals surface area contributed by atoms with Gasteiger partial charge in [-0.25, -0.2) is 12.8 Å². The number of esters is 4. The van der Waals surface area contributed by atoms with E-state index in [0.29, 0.717) is 38.4 Å². The molecule has 0 spiro atoms. The Hall–Kier alpha value is -6.73. The first kappa shape index (κ1) is 72.0. The summed E-state index contributed by atoms with van der Waals surface area (Å²) in [5, 5.41) is 7.06. The Balaban J connectivity index is 0.000000201. The van der Waals surface area contributed by atoms with Crippen molar-refractivity contribution in [3.8, 4) is 5.75 Å². The molecule has 1 N–H and O–H groups in total. The Kier molecular flexibility index (Phi) is 24.3. The Labute approximate surface area is 521 Å². The second kappa shape index (κ2) is 29.7. The molecule has 0 aromatic heterocycles. The molecule has 2 bridgehead atoms. The fraction of sp³-hybridized carbons (Fsp3) is 0.457. The van der Waals surface area contributed by atoms with Crippen LogP contribution in [0.2, 0.25) is 0 Å². The molecule has 0 radical (unpaired) electrons. The summed E-state index contributed by atoms with van der Waals surface area (Å²) in [4.78, 5) is 51.2. The van der Waals surface area contributed by atoms with Crippen LogP contribution in [-0.4, -0.2) is 77.7 Å². The van der Waals surface area contributed by atoms with Crippen molar-refractivity contribution in [3.63, 3.8) is 0 Å². The predicted molar refractivity (Wildman–Crippen MR) is 335 cm³/mol. The number of aromatic hydroxyl groups is 1. The van der Waals surface area contributed by atoms with Gasteiger partial charge in [0.15, 0.2) is 43.1 Å². The number of phenolic OH excluding ortho intramolecular Hbond substituents is 1. The van der Waals surface area contributed by atoms with E-state index < -0.39 is 61.5 Å². The standard InChI is InChI=1S/C18H15S.C15H21FO2.C15H18O.C13H18O5.C9H16F2O5S/c1-4-10-16(11-5-1)19(17-12-6-2-7-13-17)18-14-8-3-9-15-18;1-6-14(2,3)13(17)18-15(4,5)11-7-9-12(16)10-8-11;1-4-15(2,3)13-7-5-12-10-14(16)8-6-11(12)9-13;1-4-13(2,3)12(15)18-9-7-5-6-8(16-7)10(9)17-11(6)14;1-5-8(3,4)7(12)16-6(2)9(10,11)17(13,14)15/h1-15H;7-10H,6H2,1-5H3;5-10,16H,4H2,1-3H3;6-10H,4-5H2,1-3H3;6H,5H2,1-4H3,(H,13,14,15)/q+1;;;;/p-1. The van der Waals surface area contributed by atoms with E-state index in [1.807, 2.05) is 61.5 Å². The number of rotatable bonds is 17. The van der Waals surface area contributed by atoms with E-state index in [9.17, 15) is 50.4 Å². The zero-order chi connectivity index (χ0) is 65.8. The van der Waals surface area contributed by atoms with Gasteiger partial charge in [0.2, 0.25) is 0 Å². The summed E-state index contributed by atoms with van der Waals surface area (Å²) < 4.78 is 96.1. The van der Waals surface area contributed by atoms with Gasteiger partial charge < -0.3 is 33.3 Å². The highest BCUT2D eigenvalue weighted by Gasteiger charge is 2.65. The molecule has 3 heterocycles. The molecule has 3 aliphatic rings. The molecule has 13 nitrogen and oxygen atoms in total. The van der Waals surface area contributed by atoms with Crippen LogP contribution in [0.15, 0.2) is 166 Å². The largest absolute Gasteiger partial charge is 0.743 e. The Bertz CT molecular complexity index is 3300. The third kappa shape index (κ3) is 18.2. The molecule has 478 valence electrons. The molecule has 9 rings (SSSR count). The van der Waals surface area contributed by atoms with Gasteiger partial charge in [-0.2, -0.15) is 8.78 Å². The lowest BCUT2D eigenvalue weighted by molar-refractivity contribution is -0.170. The maximum absolute atomic E-state index is 13.0. The lowest BCUT2D eigenvalue weighted by atomic mass is 9.81. The first-order chi connectivity index (χ1) is 41.0. The SMILES string of the molecule is CCC(C)(C)C(=O)OC(C)(C)c1ccc(F)cc1.CCC(C)(C)C(=O)OC(C)C(F)(F)S(=O)(=O)[O-].CCC(C)(C)C(=O)OC1C2CC3C(=O)OC1C3O2.CCC(C)(C)c1ccc2cc(O)ccc2c1.c1ccc([S+](c2ccccc2)c2ccccc2)cc1. The third-order valence-corrected chi connectivity index (χ3v) is 20.0. The maximum Gasteiger partial charge on any atom is 0.369 e. The monoisotopic (exact) mass is 1260 g/mol. The van der Waals surface area contributed by atoms with Crippen molar-refractivity contribution in [1.29, 1.82) is 0 Å². The minimum Gasteiger partial charge on any atom is -0.743 e. The number of alkyl halides is 2. The molecular formula is C70H87F3O13S2. The predicted octanol–water partition coefficient (Wildman–Crippen LogP) is 15.6. The van der Waals surface area contributed by atoms with Crippen LogP contribution in [0, 0.1) is 28.0 Å². The number of halogens is 3. The number of hydrogen-bond donors (Lipinski definition) is 1. The molecule has 0 amide bonds. The van der Waals surface area contributed by atoms with Crippen LogP contribution in [0.25, 0.3) is 10.8 Å². The molecule has 6 aromatic carbocycles. The number of phenols is 1. The van der Waals surface area contributed by atoms with E-state index in [2.05, 4.69) is 135 Å². The van der Waals surface area contributed by atoms with Gasteiger partial charge in [0, 0.05) is 0 Å². The highest BCUT2D eigenvalue weighted by Crippen LogP contribution is 2.48. The average molecular weight is 1260 g/mol. The van der Waals surface area contributed by atoms with Gasteiger partial charge in [0.05, 0.1) is 39.2 Å². The highest BCUT2D eigenvalue weighted by atomic mass is 32.2. The molecule has 6 aromatic rings. The van der Waals surface area contributed by atoms with Gasteiger partial charge in [-0.15, -0.1) is 0 Å². The summed E-state index contributed by atoms with van der Waals surface area (Å²) in [6, 6.07) is 50.2. The second-order valence-electron chi connectivity index (χ2n) is 25.2. The molecule has 0 aliphatic carbocycles. The number of fused-ring (bicyclic) bond motifs is 2. The second-order valence-corrected chi connectivity index (χ2v) is 28.6. The van der Waals surface area contributed by atoms with E-state index in [1.54, 1.807) is 31.2 Å². The van der Waals surface area contributed by atoms with Crippen molar-refractivity contribution in [2.24, 2.45) is 22.2 Å². The molecule has 6 atom stereocenters. The first-order valence-electron chi connectivity index (χ1n) is 29.7. The van der Waals surface area contributed by atoms with E-state index in [-0.39, 0.29) is 58.2 Å². The minimum atomic E-state index is -5.86. The summed E-state index contributed by atoms with van der Waals surface area (Å²) >= 11 is 0. The zero-order valence-corrected chi connectivity index (χ0v) is 54.9. The van der Waals surface area contributed by atoms with Crippen LogP contribution >= 0.6 is 0 Å². The summed E-state index contributed by atoms with van der Waals surface area (Å²) in [5.74, 6) is -1.78. The summed E-state index contributed by atoms with van der Waals surface area (Å²) in [7, 11) is -5.87. The minimum absolute atomic E-state index is 0.0146. The zero-order valence-electron chi connectivity index (χ0n) is 53.2. The fourth-order valence-electron chi connectivity index (χ4n) is 8.91. The van der Waals surface area contributed by atoms with Crippen molar-refractivity contribution < 1.29 is 74.1 Å². The molecular weight excluding hydrogens is 1170 g/mol. The van der Waals surface area contributed by atoms with Gasteiger partial charge in [-0.1, -0.05) is 133 Å². The van der Waals surface area contributed by atoms with E-state index >= 15 is 0 Å². The topological polar surface area (TPSA) is 192 Å². The molecule has 3 fully saturated rings. The summed E-state index contributed by atoms with van der Waals surface area (Å²) in [5.41, 5.74) is -0.432. The van der Waals surface area contributed by atoms with Crippen molar-refractivity contribution in [2.45, 2.75) is 197 Å². The first-order valence-corrected chi connectivity index (χ1v) is 32.3. The van der Waals surface area contributed by atoms with Crippen LogP contribution < -0.4 is 0 Å². The number of carbonyl (C=O) groups is 4. The Morgan fingerprint density at radius 2 is 1.07 bits per heavy atom. The van der Waals surface area contributed by atoms with Gasteiger partial charge in [-0.05, 0) is 182 Å². The van der Waals surface area contributed by atoms with Gasteiger partial charge >= 0.3 is 29.1 Å². The number of carbonyl (C=O) groups excluding carboxylic acids is 4. The summed E-state index contributed by atoms with van der Waals surface area (Å²) in [6.45, 7) is 26.9. The Morgan fingerprint density at radius 1 is 0.625 bits per heavy atom. The molecule has 3 saturated heterocycles. The molecule has 3 aliphatic heterocycles. The van der Waals surface area contributed by atoms with Crippen LogP contribution in [0.3, 0.4) is 0 Å². The smallest absolute Gasteiger partial charge is 0.369 e. The lowest BCUT2D eigenvalue weighted by Crippen LogP contribution is -2.44. The molecule has 88 heavy (non-hydrogen) atoms. The molecule has 18 heteroatoms. The van der Waals surface area contributed by atoms with E-state index in [1.165, 1.54) is 51.6 Å². The third-order valence-electron chi connectivity index (χ3n) is 16.7. The quantitative estimate of drug-likeness (QED) is 0.0393. The van der Waals surface area contributed by atoms with Crippen molar-refractivity contribution >= 4 is 55.7 Å². The molecule has 0 saturated carbocycles. The van der Waals surface area contributed by atoms with Gasteiger partial charge in [0.1, 0.15) is 23.3 Å². The van der Waals surface area contributed by atoms with Crippen molar-refractivity contribution in [1.82, 2.24) is 0 Å². The van der Waals surface area contributed by atoms with Crippen LogP contribution in [0.1, 0.15) is 147 Å². The summed E-state index contributed by atoms with van der Waals surface area (Å²) in [6.07, 6.45) is -0.0170. The van der Waals surface area contributed by atoms with Crippen LogP contribution in [0.5, 0.6) is 5.75 Å². The average Bonchev–Trinajstić information content (AvgIpc) is 1.68. The number of ether oxygens (including phenoxy) is 5. The normalized spacial score (nSPS) is 18.4. The highest BCUT2D eigenvalue weighted by molar-refractivity contribution is 7.97. The van der Waals surface area contributed by atoms with Crippen LogP contribution in [0.4, 0.5) is 13.2 Å². The Morgan fingerprint density at radius 3 is 1.53 bits per heavy atom. The van der Waals surface area contributed by atoms with Crippen LogP contribution in [-0.2, 0) is 74.9 Å². The van der Waals surface area contributed by atoms with E-state index in [0.717, 1.165) is 17.4 Å². The van der Waals surface area contributed by atoms with Crippen molar-refractivity contribution in [3.05, 3.63) is 169 Å². The van der Waals surface area contributed by atoms with E-state index in [4.69, 9.17) is 18.9 Å². The van der Waals surface area contributed by atoms with Gasteiger partial charge in [0.25, 0.3) is 0 Å². The maximum atomic E-state index is 13.0. The number of benzene rings is 6. The van der Waals surface area contributed by atoms with Crippen molar-refractivity contribution in [2.75, 3.05) is 0 Å².